The molecule has 0 aliphatic rings. The maximum atomic E-state index is 12.0. The van der Waals surface area contributed by atoms with Gasteiger partial charge in [0.05, 0.1) is 10.9 Å². The Labute approximate surface area is 145 Å². The lowest BCUT2D eigenvalue weighted by Gasteiger charge is -2.23. The van der Waals surface area contributed by atoms with Gasteiger partial charge in [0.25, 0.3) is 0 Å². The largest absolute Gasteiger partial charge is 0.354 e. The van der Waals surface area contributed by atoms with E-state index in [9.17, 15) is 9.59 Å². The molecular weight excluding hydrogens is 328 g/mol. The number of carbonyl (C=O) groups is 2. The van der Waals surface area contributed by atoms with E-state index in [2.05, 4.69) is 16.3 Å². The zero-order chi connectivity index (χ0) is 16.8. The van der Waals surface area contributed by atoms with Gasteiger partial charge < -0.3 is 10.2 Å². The summed E-state index contributed by atoms with van der Waals surface area (Å²) in [6.07, 6.45) is 0.498. The SMILES string of the molecule is Cc1ccc(C(=O)CCC(=O)NCC(c2cccs2)N(C)C)s1. The standard InChI is InChI=1S/C17H22N2O2S2/c1-12-6-8-16(23-12)14(20)7-9-17(21)18-11-13(19(2)3)15-5-4-10-22-15/h4-6,8,10,13H,7,9,11H2,1-3H3,(H,18,21). The molecule has 0 aromatic carbocycles. The molecule has 0 radical (unpaired) electrons. The van der Waals surface area contributed by atoms with E-state index in [1.54, 1.807) is 11.3 Å². The fraction of sp³-hybridized carbons (Fsp3) is 0.412. The van der Waals surface area contributed by atoms with Gasteiger partial charge in [-0.25, -0.2) is 0 Å². The topological polar surface area (TPSA) is 49.4 Å². The van der Waals surface area contributed by atoms with Gasteiger partial charge in [0.15, 0.2) is 5.78 Å². The Hall–Kier alpha value is -1.50. The van der Waals surface area contributed by atoms with Gasteiger partial charge in [-0.1, -0.05) is 6.07 Å². The van der Waals surface area contributed by atoms with E-state index in [1.807, 2.05) is 44.6 Å². The van der Waals surface area contributed by atoms with Crippen LogP contribution >= 0.6 is 22.7 Å². The molecule has 4 nitrogen and oxygen atoms in total. The van der Waals surface area contributed by atoms with Crippen LogP contribution in [0.15, 0.2) is 29.6 Å². The second-order valence-corrected chi connectivity index (χ2v) is 7.90. The monoisotopic (exact) mass is 350 g/mol. The van der Waals surface area contributed by atoms with Crippen molar-refractivity contribution in [2.45, 2.75) is 25.8 Å². The second kappa shape index (κ2) is 8.38. The first-order valence-corrected chi connectivity index (χ1v) is 9.23. The van der Waals surface area contributed by atoms with Crippen molar-refractivity contribution in [2.75, 3.05) is 20.6 Å². The van der Waals surface area contributed by atoms with E-state index in [0.29, 0.717) is 6.54 Å². The molecule has 1 amide bonds. The molecule has 1 atom stereocenters. The van der Waals surface area contributed by atoms with E-state index in [1.165, 1.54) is 16.2 Å². The van der Waals surface area contributed by atoms with Crippen LogP contribution < -0.4 is 5.32 Å². The van der Waals surface area contributed by atoms with E-state index >= 15 is 0 Å². The number of nitrogens with one attached hydrogen (secondary N) is 1. The van der Waals surface area contributed by atoms with Crippen molar-refractivity contribution < 1.29 is 9.59 Å². The Balaban J connectivity index is 1.79. The molecule has 0 saturated heterocycles. The number of thiophene rings is 2. The van der Waals surface area contributed by atoms with Gasteiger partial charge >= 0.3 is 0 Å². The highest BCUT2D eigenvalue weighted by Crippen LogP contribution is 2.22. The van der Waals surface area contributed by atoms with Crippen molar-refractivity contribution in [3.63, 3.8) is 0 Å². The first kappa shape index (κ1) is 17.8. The lowest BCUT2D eigenvalue weighted by atomic mass is 10.1. The maximum absolute atomic E-state index is 12.0. The summed E-state index contributed by atoms with van der Waals surface area (Å²) >= 11 is 3.16. The number of hydrogen-bond donors (Lipinski definition) is 1. The number of hydrogen-bond acceptors (Lipinski definition) is 5. The molecule has 2 heterocycles. The molecule has 0 fully saturated rings. The van der Waals surface area contributed by atoms with E-state index in [-0.39, 0.29) is 30.6 Å². The molecule has 0 aliphatic heterocycles. The van der Waals surface area contributed by atoms with Crippen LogP contribution in [0.1, 0.15) is 38.3 Å². The Morgan fingerprint density at radius 1 is 1.22 bits per heavy atom. The van der Waals surface area contributed by atoms with Gasteiger partial charge in [-0.3, -0.25) is 9.59 Å². The summed E-state index contributed by atoms with van der Waals surface area (Å²) in [5.41, 5.74) is 0. The lowest BCUT2D eigenvalue weighted by Crippen LogP contribution is -2.34. The third-order valence-electron chi connectivity index (χ3n) is 3.58. The van der Waals surface area contributed by atoms with E-state index in [4.69, 9.17) is 0 Å². The summed E-state index contributed by atoms with van der Waals surface area (Å²) < 4.78 is 0. The highest BCUT2D eigenvalue weighted by atomic mass is 32.1. The number of rotatable bonds is 8. The Morgan fingerprint density at radius 2 is 2.00 bits per heavy atom. The predicted molar refractivity (Wildman–Crippen MR) is 96.4 cm³/mol. The van der Waals surface area contributed by atoms with Crippen LogP contribution in [-0.4, -0.2) is 37.2 Å². The minimum atomic E-state index is -0.0740. The maximum Gasteiger partial charge on any atom is 0.220 e. The first-order valence-electron chi connectivity index (χ1n) is 7.53. The van der Waals surface area contributed by atoms with Gasteiger partial charge in [0.2, 0.25) is 5.91 Å². The molecule has 2 rings (SSSR count). The van der Waals surface area contributed by atoms with Crippen LogP contribution in [0.3, 0.4) is 0 Å². The molecule has 6 heteroatoms. The molecule has 1 unspecified atom stereocenters. The van der Waals surface area contributed by atoms with Gasteiger partial charge in [0.1, 0.15) is 0 Å². The van der Waals surface area contributed by atoms with E-state index in [0.717, 1.165) is 9.75 Å². The summed E-state index contributed by atoms with van der Waals surface area (Å²) in [6, 6.07) is 8.01. The molecule has 0 spiro atoms. The third kappa shape index (κ3) is 5.27. The molecule has 2 aromatic rings. The van der Waals surface area contributed by atoms with Crippen LogP contribution in [0.5, 0.6) is 0 Å². The van der Waals surface area contributed by atoms with Crippen LogP contribution in [0, 0.1) is 6.92 Å². The molecule has 0 bridgehead atoms. The molecule has 0 aliphatic carbocycles. The minimum absolute atomic E-state index is 0.0423. The zero-order valence-electron chi connectivity index (χ0n) is 13.7. The lowest BCUT2D eigenvalue weighted by molar-refractivity contribution is -0.121. The smallest absolute Gasteiger partial charge is 0.220 e. The molecule has 1 N–H and O–H groups in total. The molecular formula is C17H22N2O2S2. The summed E-state index contributed by atoms with van der Waals surface area (Å²) in [7, 11) is 4.00. The number of ketones is 1. The van der Waals surface area contributed by atoms with Crippen molar-refractivity contribution in [1.82, 2.24) is 10.2 Å². The average Bonchev–Trinajstić information content (AvgIpc) is 3.16. The van der Waals surface area contributed by atoms with Gasteiger partial charge in [0, 0.05) is 29.1 Å². The number of aryl methyl sites for hydroxylation is 1. The Bertz CT molecular complexity index is 647. The quantitative estimate of drug-likeness (QED) is 0.741. The second-order valence-electron chi connectivity index (χ2n) is 5.63. The summed E-state index contributed by atoms with van der Waals surface area (Å²) in [5.74, 6) is -0.0318. The fourth-order valence-corrected chi connectivity index (χ4v) is 4.01. The summed E-state index contributed by atoms with van der Waals surface area (Å²) in [4.78, 5) is 29.2. The van der Waals surface area contributed by atoms with Crippen molar-refractivity contribution in [2.24, 2.45) is 0 Å². The number of Topliss-reactive ketones (excluding diaryl/α,β-unsaturated/α-hetero) is 1. The number of likely N-dealkylation sites (N-methyl/N-ethyl adjacent to an activating group) is 1. The van der Waals surface area contributed by atoms with Gasteiger partial charge in [-0.05, 0) is 44.6 Å². The predicted octanol–water partition coefficient (Wildman–Crippen LogP) is 3.50. The van der Waals surface area contributed by atoms with Crippen LogP contribution in [0.4, 0.5) is 0 Å². The highest BCUT2D eigenvalue weighted by molar-refractivity contribution is 7.14. The minimum Gasteiger partial charge on any atom is -0.354 e. The van der Waals surface area contributed by atoms with Gasteiger partial charge in [-0.2, -0.15) is 0 Å². The number of carbonyl (C=O) groups excluding carboxylic acids is 2. The average molecular weight is 351 g/mol. The van der Waals surface area contributed by atoms with Crippen LogP contribution in [-0.2, 0) is 4.79 Å². The van der Waals surface area contributed by atoms with E-state index < -0.39 is 0 Å². The number of nitrogens with zero attached hydrogens (tertiary/aromatic N) is 1. The molecule has 124 valence electrons. The van der Waals surface area contributed by atoms with Gasteiger partial charge in [-0.15, -0.1) is 22.7 Å². The van der Waals surface area contributed by atoms with Crippen LogP contribution in [0.25, 0.3) is 0 Å². The normalized spacial score (nSPS) is 12.3. The zero-order valence-corrected chi connectivity index (χ0v) is 15.3. The molecule has 0 saturated carbocycles. The Morgan fingerprint density at radius 3 is 2.57 bits per heavy atom. The molecule has 2 aromatic heterocycles. The van der Waals surface area contributed by atoms with Crippen molar-refractivity contribution >= 4 is 34.4 Å². The number of amides is 1. The molecule has 23 heavy (non-hydrogen) atoms. The van der Waals surface area contributed by atoms with Crippen molar-refractivity contribution in [3.05, 3.63) is 44.3 Å². The van der Waals surface area contributed by atoms with Crippen molar-refractivity contribution in [3.8, 4) is 0 Å². The third-order valence-corrected chi connectivity index (χ3v) is 5.60. The summed E-state index contributed by atoms with van der Waals surface area (Å²) in [5, 5.41) is 4.98. The van der Waals surface area contributed by atoms with Crippen molar-refractivity contribution in [1.29, 1.82) is 0 Å². The fourth-order valence-electron chi connectivity index (χ4n) is 2.25. The summed E-state index contributed by atoms with van der Waals surface area (Å²) in [6.45, 7) is 2.53. The Kier molecular flexibility index (Phi) is 6.50. The highest BCUT2D eigenvalue weighted by Gasteiger charge is 2.17. The van der Waals surface area contributed by atoms with Crippen LogP contribution in [0.2, 0.25) is 0 Å². The first-order chi connectivity index (χ1) is 11.0.